The molecular weight excluding hydrogens is 326 g/mol. The van der Waals surface area contributed by atoms with Crippen LogP contribution in [0.5, 0.6) is 0 Å². The Balaban J connectivity index is 2.33. The van der Waals surface area contributed by atoms with Gasteiger partial charge in [-0.1, -0.05) is 23.7 Å². The van der Waals surface area contributed by atoms with Crippen molar-refractivity contribution >= 4 is 38.6 Å². The summed E-state index contributed by atoms with van der Waals surface area (Å²) in [6, 6.07) is 6.29. The van der Waals surface area contributed by atoms with Crippen molar-refractivity contribution in [2.45, 2.75) is 13.8 Å². The number of rotatable bonds is 1. The number of aryl methyl sites for hydroxylation is 2. The summed E-state index contributed by atoms with van der Waals surface area (Å²) in [6.07, 6.45) is 1.55. The maximum Gasteiger partial charge on any atom is 0.143 e. The van der Waals surface area contributed by atoms with Crippen LogP contribution in [0.25, 0.3) is 22.3 Å². The summed E-state index contributed by atoms with van der Waals surface area (Å²) in [5, 5.41) is 1.45. The monoisotopic (exact) mass is 335 g/mol. The van der Waals surface area contributed by atoms with E-state index in [4.69, 9.17) is 11.6 Å². The first-order valence-corrected chi connectivity index (χ1v) is 7.00. The molecule has 5 heteroatoms. The first-order valence-electron chi connectivity index (χ1n) is 5.83. The first-order chi connectivity index (χ1) is 9.08. The Kier molecular flexibility index (Phi) is 3.07. The maximum atomic E-state index is 6.10. The van der Waals surface area contributed by atoms with Crippen molar-refractivity contribution in [3.05, 3.63) is 45.3 Å². The van der Waals surface area contributed by atoms with E-state index in [1.807, 2.05) is 0 Å². The number of H-pyrrole nitrogens is 1. The largest absolute Gasteiger partial charge is 0.329 e. The molecule has 19 heavy (non-hydrogen) atoms. The molecule has 0 radical (unpaired) electrons. The first kappa shape index (κ1) is 12.6. The lowest BCUT2D eigenvalue weighted by Crippen LogP contribution is -1.89. The van der Waals surface area contributed by atoms with Crippen LogP contribution < -0.4 is 0 Å². The van der Waals surface area contributed by atoms with Gasteiger partial charge in [0, 0.05) is 5.56 Å². The lowest BCUT2D eigenvalue weighted by atomic mass is 10.0. The van der Waals surface area contributed by atoms with Crippen LogP contribution in [0.2, 0.25) is 5.15 Å². The van der Waals surface area contributed by atoms with Crippen molar-refractivity contribution in [3.63, 3.8) is 0 Å². The molecule has 0 aliphatic heterocycles. The van der Waals surface area contributed by atoms with Crippen LogP contribution in [-0.2, 0) is 0 Å². The third-order valence-electron chi connectivity index (χ3n) is 3.27. The minimum Gasteiger partial charge on any atom is -0.329 e. The van der Waals surface area contributed by atoms with Crippen molar-refractivity contribution in [2.75, 3.05) is 0 Å². The Labute approximate surface area is 124 Å². The number of aromatic nitrogens is 3. The fraction of sp³-hybridized carbons (Fsp3) is 0.143. The predicted octanol–water partition coefficient (Wildman–Crippen LogP) is 4.66. The number of benzene rings is 1. The molecule has 0 aliphatic carbocycles. The average molecular weight is 337 g/mol. The summed E-state index contributed by atoms with van der Waals surface area (Å²) in [7, 11) is 0. The normalized spacial score (nSPS) is 11.2. The molecule has 0 aliphatic rings. The quantitative estimate of drug-likeness (QED) is 0.702. The Morgan fingerprint density at radius 3 is 2.68 bits per heavy atom. The molecule has 2 aromatic heterocycles. The van der Waals surface area contributed by atoms with Crippen LogP contribution in [0.15, 0.2) is 29.0 Å². The zero-order chi connectivity index (χ0) is 13.6. The van der Waals surface area contributed by atoms with Gasteiger partial charge < -0.3 is 4.98 Å². The Hall–Kier alpha value is -1.39. The molecule has 96 valence electrons. The Bertz CT molecular complexity index is 780. The van der Waals surface area contributed by atoms with Crippen molar-refractivity contribution in [2.24, 2.45) is 0 Å². The van der Waals surface area contributed by atoms with Crippen LogP contribution >= 0.6 is 27.5 Å². The second-order valence-electron chi connectivity index (χ2n) is 4.50. The van der Waals surface area contributed by atoms with Gasteiger partial charge in [-0.2, -0.15) is 0 Å². The molecule has 0 spiro atoms. The topological polar surface area (TPSA) is 41.6 Å². The molecule has 2 heterocycles. The highest BCUT2D eigenvalue weighted by Gasteiger charge is 2.15. The van der Waals surface area contributed by atoms with Gasteiger partial charge in [-0.3, -0.25) is 0 Å². The Morgan fingerprint density at radius 2 is 1.95 bits per heavy atom. The summed E-state index contributed by atoms with van der Waals surface area (Å²) >= 11 is 9.59. The summed E-state index contributed by atoms with van der Waals surface area (Å²) in [5.74, 6) is 0. The van der Waals surface area contributed by atoms with Crippen LogP contribution in [0.4, 0.5) is 0 Å². The molecule has 0 saturated carbocycles. The third-order valence-corrected chi connectivity index (χ3v) is 4.57. The van der Waals surface area contributed by atoms with Crippen LogP contribution in [-0.4, -0.2) is 15.0 Å². The van der Waals surface area contributed by atoms with E-state index >= 15 is 0 Å². The van der Waals surface area contributed by atoms with E-state index in [1.165, 1.54) is 11.1 Å². The number of halogens is 2. The summed E-state index contributed by atoms with van der Waals surface area (Å²) in [5.41, 5.74) is 5.18. The molecule has 3 nitrogen and oxygen atoms in total. The van der Waals surface area contributed by atoms with Gasteiger partial charge in [0.05, 0.1) is 15.6 Å². The highest BCUT2D eigenvalue weighted by molar-refractivity contribution is 9.10. The van der Waals surface area contributed by atoms with Gasteiger partial charge in [-0.25, -0.2) is 9.97 Å². The number of nitrogens with one attached hydrogen (secondary N) is 1. The zero-order valence-electron chi connectivity index (χ0n) is 10.5. The van der Waals surface area contributed by atoms with Crippen LogP contribution in [0, 0.1) is 13.8 Å². The molecule has 0 amide bonds. The summed E-state index contributed by atoms with van der Waals surface area (Å²) in [4.78, 5) is 11.6. The second-order valence-corrected chi connectivity index (χ2v) is 5.67. The summed E-state index contributed by atoms with van der Waals surface area (Å²) < 4.78 is 0.804. The smallest absolute Gasteiger partial charge is 0.143 e. The fourth-order valence-electron chi connectivity index (χ4n) is 2.06. The van der Waals surface area contributed by atoms with Gasteiger partial charge in [0.1, 0.15) is 17.1 Å². The van der Waals surface area contributed by atoms with E-state index in [1.54, 1.807) is 6.33 Å². The van der Waals surface area contributed by atoms with Crippen LogP contribution in [0.3, 0.4) is 0 Å². The summed E-state index contributed by atoms with van der Waals surface area (Å²) in [6.45, 7) is 4.19. The van der Waals surface area contributed by atoms with E-state index in [9.17, 15) is 0 Å². The molecule has 1 N–H and O–H groups in total. The number of fused-ring (bicyclic) bond motifs is 1. The van der Waals surface area contributed by atoms with E-state index < -0.39 is 0 Å². The number of aromatic amines is 1. The van der Waals surface area contributed by atoms with Gasteiger partial charge in [-0.05, 0) is 47.0 Å². The second kappa shape index (κ2) is 4.62. The van der Waals surface area contributed by atoms with Gasteiger partial charge >= 0.3 is 0 Å². The molecule has 0 saturated heterocycles. The van der Waals surface area contributed by atoms with E-state index in [0.717, 1.165) is 26.8 Å². The maximum absolute atomic E-state index is 6.10. The van der Waals surface area contributed by atoms with E-state index in [-0.39, 0.29) is 0 Å². The fourth-order valence-corrected chi connectivity index (χ4v) is 2.72. The number of hydrogen-bond donors (Lipinski definition) is 1. The van der Waals surface area contributed by atoms with Gasteiger partial charge in [0.2, 0.25) is 0 Å². The predicted molar refractivity (Wildman–Crippen MR) is 81.5 cm³/mol. The van der Waals surface area contributed by atoms with Gasteiger partial charge in [0.25, 0.3) is 0 Å². The SMILES string of the molecule is Cc1ccc(-c2ncnc3[nH]c(Cl)c(Br)c23)cc1C. The molecule has 0 fully saturated rings. The molecule has 3 aromatic rings. The lowest BCUT2D eigenvalue weighted by molar-refractivity contribution is 1.20. The standard InChI is InChI=1S/C14H11BrClN3/c1-7-3-4-9(5-8(7)2)12-10-11(15)13(16)19-14(10)18-6-17-12/h3-6H,1-2H3,(H,17,18,19). The molecule has 0 unspecified atom stereocenters. The van der Waals surface area contributed by atoms with E-state index in [2.05, 4.69) is 62.9 Å². The third kappa shape index (κ3) is 2.05. The molecular formula is C14H11BrClN3. The molecule has 3 rings (SSSR count). The van der Waals surface area contributed by atoms with Gasteiger partial charge in [0.15, 0.2) is 0 Å². The molecule has 1 aromatic carbocycles. The minimum absolute atomic E-state index is 0.542. The minimum atomic E-state index is 0.542. The van der Waals surface area contributed by atoms with Crippen molar-refractivity contribution in [3.8, 4) is 11.3 Å². The number of nitrogens with zero attached hydrogens (tertiary/aromatic N) is 2. The molecule has 0 atom stereocenters. The highest BCUT2D eigenvalue weighted by Crippen LogP contribution is 2.36. The van der Waals surface area contributed by atoms with Crippen LogP contribution in [0.1, 0.15) is 11.1 Å². The van der Waals surface area contributed by atoms with Crippen molar-refractivity contribution in [1.29, 1.82) is 0 Å². The average Bonchev–Trinajstić information content (AvgIpc) is 2.69. The highest BCUT2D eigenvalue weighted by atomic mass is 79.9. The van der Waals surface area contributed by atoms with E-state index in [0.29, 0.717) is 5.15 Å². The number of hydrogen-bond acceptors (Lipinski definition) is 2. The zero-order valence-corrected chi connectivity index (χ0v) is 12.8. The lowest BCUT2D eigenvalue weighted by Gasteiger charge is -2.06. The van der Waals surface area contributed by atoms with Crippen molar-refractivity contribution in [1.82, 2.24) is 15.0 Å². The molecule has 0 bridgehead atoms. The van der Waals surface area contributed by atoms with Crippen molar-refractivity contribution < 1.29 is 0 Å². The van der Waals surface area contributed by atoms with Gasteiger partial charge in [-0.15, -0.1) is 0 Å². The Morgan fingerprint density at radius 1 is 1.16 bits per heavy atom.